The van der Waals surface area contributed by atoms with Crippen LogP contribution in [0.25, 0.3) is 0 Å². The average Bonchev–Trinajstić information content (AvgIpc) is 2.94. The molecule has 4 atom stereocenters. The SMILES string of the molecule is C=CCN1C(=O)C2C3C=CC(CC(=C)C)(C3)C2C1=O. The van der Waals surface area contributed by atoms with Crippen LogP contribution in [0.3, 0.4) is 0 Å². The van der Waals surface area contributed by atoms with Crippen LogP contribution in [0.1, 0.15) is 19.8 Å². The molecule has 4 unspecified atom stereocenters. The van der Waals surface area contributed by atoms with Crippen LogP contribution in [0.5, 0.6) is 0 Å². The highest BCUT2D eigenvalue weighted by atomic mass is 16.2. The Balaban J connectivity index is 1.98. The van der Waals surface area contributed by atoms with Crippen molar-refractivity contribution in [1.29, 1.82) is 0 Å². The highest BCUT2D eigenvalue weighted by Gasteiger charge is 2.65. The molecule has 19 heavy (non-hydrogen) atoms. The second-order valence-electron chi connectivity index (χ2n) is 6.17. The van der Waals surface area contributed by atoms with Gasteiger partial charge in [-0.2, -0.15) is 0 Å². The summed E-state index contributed by atoms with van der Waals surface area (Å²) < 4.78 is 0. The van der Waals surface area contributed by atoms with Crippen LogP contribution in [0.15, 0.2) is 37.0 Å². The number of rotatable bonds is 4. The van der Waals surface area contributed by atoms with Gasteiger partial charge in [-0.25, -0.2) is 0 Å². The number of fused-ring (bicyclic) bond motifs is 5. The van der Waals surface area contributed by atoms with Gasteiger partial charge in [-0.1, -0.05) is 23.8 Å². The van der Waals surface area contributed by atoms with Crippen molar-refractivity contribution in [1.82, 2.24) is 4.90 Å². The van der Waals surface area contributed by atoms with Gasteiger partial charge in [-0.15, -0.1) is 13.2 Å². The molecule has 0 spiro atoms. The first-order valence-electron chi connectivity index (χ1n) is 6.80. The highest BCUT2D eigenvalue weighted by Crippen LogP contribution is 2.62. The maximum Gasteiger partial charge on any atom is 0.234 e. The lowest BCUT2D eigenvalue weighted by molar-refractivity contribution is -0.140. The van der Waals surface area contributed by atoms with E-state index < -0.39 is 0 Å². The van der Waals surface area contributed by atoms with E-state index in [0.29, 0.717) is 6.54 Å². The summed E-state index contributed by atoms with van der Waals surface area (Å²) in [6, 6.07) is 0. The Morgan fingerprint density at radius 3 is 2.89 bits per heavy atom. The lowest BCUT2D eigenvalue weighted by atomic mass is 9.71. The van der Waals surface area contributed by atoms with E-state index in [2.05, 4.69) is 25.3 Å². The Morgan fingerprint density at radius 2 is 2.26 bits per heavy atom. The largest absolute Gasteiger partial charge is 0.278 e. The Hall–Kier alpha value is -1.64. The van der Waals surface area contributed by atoms with E-state index in [1.54, 1.807) is 6.08 Å². The molecule has 2 bridgehead atoms. The molecule has 1 aliphatic heterocycles. The molecule has 1 saturated carbocycles. The van der Waals surface area contributed by atoms with Crippen molar-refractivity contribution in [3.63, 3.8) is 0 Å². The van der Waals surface area contributed by atoms with Crippen LogP contribution in [0.4, 0.5) is 0 Å². The Bertz CT molecular complexity index is 519. The zero-order chi connectivity index (χ0) is 13.8. The number of hydrogen-bond donors (Lipinski definition) is 0. The minimum atomic E-state index is -0.174. The lowest BCUT2D eigenvalue weighted by Gasteiger charge is -2.30. The molecule has 2 fully saturated rings. The number of likely N-dealkylation sites (tertiary alicyclic amines) is 1. The highest BCUT2D eigenvalue weighted by molar-refractivity contribution is 6.07. The molecule has 1 heterocycles. The van der Waals surface area contributed by atoms with E-state index in [1.165, 1.54) is 4.90 Å². The topological polar surface area (TPSA) is 37.4 Å². The lowest BCUT2D eigenvalue weighted by Crippen LogP contribution is -2.35. The zero-order valence-corrected chi connectivity index (χ0v) is 11.3. The fraction of sp³-hybridized carbons (Fsp3) is 0.500. The summed E-state index contributed by atoms with van der Waals surface area (Å²) in [5.74, 6) is -0.102. The summed E-state index contributed by atoms with van der Waals surface area (Å²) in [7, 11) is 0. The third-order valence-electron chi connectivity index (χ3n) is 4.76. The molecule has 3 aliphatic rings. The normalized spacial score (nSPS) is 39.0. The quantitative estimate of drug-likeness (QED) is 0.572. The van der Waals surface area contributed by atoms with Gasteiger partial charge in [0.2, 0.25) is 11.8 Å². The van der Waals surface area contributed by atoms with Crippen molar-refractivity contribution < 1.29 is 9.59 Å². The van der Waals surface area contributed by atoms with Gasteiger partial charge in [0.25, 0.3) is 0 Å². The monoisotopic (exact) mass is 257 g/mol. The predicted octanol–water partition coefficient (Wildman–Crippen LogP) is 2.32. The number of carbonyl (C=O) groups is 2. The van der Waals surface area contributed by atoms with Gasteiger partial charge in [0.1, 0.15) is 0 Å². The fourth-order valence-corrected chi connectivity index (χ4v) is 4.27. The van der Waals surface area contributed by atoms with E-state index in [1.807, 2.05) is 6.92 Å². The molecule has 1 saturated heterocycles. The van der Waals surface area contributed by atoms with E-state index in [9.17, 15) is 9.59 Å². The molecule has 100 valence electrons. The van der Waals surface area contributed by atoms with Gasteiger partial charge in [-0.05, 0) is 25.7 Å². The predicted molar refractivity (Wildman–Crippen MR) is 73.0 cm³/mol. The molecule has 3 rings (SSSR count). The summed E-state index contributed by atoms with van der Waals surface area (Å²) in [6.45, 7) is 9.94. The van der Waals surface area contributed by atoms with Gasteiger partial charge in [0.05, 0.1) is 11.8 Å². The van der Waals surface area contributed by atoms with Crippen LogP contribution in [0.2, 0.25) is 0 Å². The summed E-state index contributed by atoms with van der Waals surface area (Å²) in [5, 5.41) is 0. The van der Waals surface area contributed by atoms with Crippen molar-refractivity contribution in [2.45, 2.75) is 19.8 Å². The second-order valence-corrected chi connectivity index (χ2v) is 6.17. The number of amides is 2. The molecule has 0 aromatic heterocycles. The zero-order valence-electron chi connectivity index (χ0n) is 11.3. The average molecular weight is 257 g/mol. The van der Waals surface area contributed by atoms with Gasteiger partial charge >= 0.3 is 0 Å². The standard InChI is InChI=1S/C16H19NO2/c1-4-7-17-14(18)12-11-5-6-16(9-11,8-10(2)3)13(12)15(17)19/h4-6,11-13H,1-2,7-9H2,3H3. The smallest absolute Gasteiger partial charge is 0.234 e. The molecule has 2 amide bonds. The molecule has 0 aromatic rings. The van der Waals surface area contributed by atoms with Crippen LogP contribution < -0.4 is 0 Å². The van der Waals surface area contributed by atoms with Gasteiger partial charge in [0.15, 0.2) is 0 Å². The molecule has 3 nitrogen and oxygen atoms in total. The number of hydrogen-bond acceptors (Lipinski definition) is 2. The number of allylic oxidation sites excluding steroid dienone is 3. The van der Waals surface area contributed by atoms with Crippen LogP contribution >= 0.6 is 0 Å². The Morgan fingerprint density at radius 1 is 1.53 bits per heavy atom. The van der Waals surface area contributed by atoms with Crippen LogP contribution in [0, 0.1) is 23.2 Å². The molecule has 3 heteroatoms. The minimum Gasteiger partial charge on any atom is -0.278 e. The third-order valence-corrected chi connectivity index (χ3v) is 4.76. The number of carbonyl (C=O) groups excluding carboxylic acids is 2. The van der Waals surface area contributed by atoms with Gasteiger partial charge in [-0.3, -0.25) is 14.5 Å². The molecule has 0 radical (unpaired) electrons. The third kappa shape index (κ3) is 1.50. The van der Waals surface area contributed by atoms with Gasteiger partial charge in [0, 0.05) is 12.0 Å². The van der Waals surface area contributed by atoms with Crippen molar-refractivity contribution in [3.05, 3.63) is 37.0 Å². The molecular formula is C16H19NO2. The van der Waals surface area contributed by atoms with Crippen LogP contribution in [-0.2, 0) is 9.59 Å². The van der Waals surface area contributed by atoms with E-state index in [-0.39, 0.29) is 35.0 Å². The van der Waals surface area contributed by atoms with E-state index >= 15 is 0 Å². The number of imide groups is 1. The van der Waals surface area contributed by atoms with Crippen molar-refractivity contribution in [2.75, 3.05) is 6.54 Å². The first-order chi connectivity index (χ1) is 9.00. The molecule has 2 aliphatic carbocycles. The summed E-state index contributed by atoms with van der Waals surface area (Å²) in [5.41, 5.74) is 0.914. The second kappa shape index (κ2) is 3.92. The maximum atomic E-state index is 12.6. The van der Waals surface area contributed by atoms with Crippen molar-refractivity contribution in [3.8, 4) is 0 Å². The van der Waals surface area contributed by atoms with Gasteiger partial charge < -0.3 is 0 Å². The summed E-state index contributed by atoms with van der Waals surface area (Å²) in [6.07, 6.45) is 7.65. The molecule has 0 aromatic carbocycles. The first kappa shape index (κ1) is 12.4. The van der Waals surface area contributed by atoms with E-state index in [4.69, 9.17) is 0 Å². The first-order valence-corrected chi connectivity index (χ1v) is 6.80. The Kier molecular flexibility index (Phi) is 2.56. The molecule has 0 N–H and O–H groups in total. The Labute approximate surface area is 113 Å². The summed E-state index contributed by atoms with van der Waals surface area (Å²) >= 11 is 0. The van der Waals surface area contributed by atoms with Crippen molar-refractivity contribution >= 4 is 11.8 Å². The number of nitrogens with zero attached hydrogens (tertiary/aromatic N) is 1. The van der Waals surface area contributed by atoms with E-state index in [0.717, 1.165) is 18.4 Å². The van der Waals surface area contributed by atoms with Crippen LogP contribution in [-0.4, -0.2) is 23.3 Å². The maximum absolute atomic E-state index is 12.6. The van der Waals surface area contributed by atoms with Crippen molar-refractivity contribution in [2.24, 2.45) is 23.2 Å². The molecular weight excluding hydrogens is 238 g/mol. The minimum absolute atomic E-state index is 0.00663. The summed E-state index contributed by atoms with van der Waals surface area (Å²) in [4.78, 5) is 26.3. The fourth-order valence-electron chi connectivity index (χ4n) is 4.27.